The van der Waals surface area contributed by atoms with Gasteiger partial charge in [-0.2, -0.15) is 0 Å². The average Bonchev–Trinajstić information content (AvgIpc) is 2.70. The molecule has 1 amide bonds. The van der Waals surface area contributed by atoms with E-state index < -0.39 is 64.1 Å². The second kappa shape index (κ2) is 6.61. The molecule has 0 saturated heterocycles. The molecule has 3 aliphatic carbocycles. The van der Waals surface area contributed by atoms with E-state index in [2.05, 4.69) is 6.58 Å². The number of nitrogens with zero attached hydrogens (tertiary/aromatic N) is 1. The first-order valence-corrected chi connectivity index (χ1v) is 9.57. The maximum absolute atomic E-state index is 13.2. The molecule has 3 aliphatic rings. The van der Waals surface area contributed by atoms with Gasteiger partial charge in [0, 0.05) is 11.5 Å². The number of fused-ring (bicyclic) bond motifs is 3. The van der Waals surface area contributed by atoms with E-state index in [1.807, 2.05) is 0 Å². The zero-order chi connectivity index (χ0) is 23.0. The van der Waals surface area contributed by atoms with Gasteiger partial charge in [-0.1, -0.05) is 30.8 Å². The smallest absolute Gasteiger partial charge is 0.255 e. The summed E-state index contributed by atoms with van der Waals surface area (Å²) in [5, 5.41) is 44.6. The molecule has 1 aromatic rings. The lowest BCUT2D eigenvalue weighted by Gasteiger charge is -2.52. The zero-order valence-corrected chi connectivity index (χ0v) is 16.9. The highest BCUT2D eigenvalue weighted by Crippen LogP contribution is 2.54. The Bertz CT molecular complexity index is 1130. The third kappa shape index (κ3) is 2.45. The van der Waals surface area contributed by atoms with Crippen LogP contribution in [0.3, 0.4) is 0 Å². The molecule has 9 nitrogen and oxygen atoms in total. The van der Waals surface area contributed by atoms with Gasteiger partial charge in [-0.05, 0) is 25.2 Å². The van der Waals surface area contributed by atoms with Crippen molar-refractivity contribution in [2.24, 2.45) is 17.6 Å². The Labute approximate surface area is 177 Å². The third-order valence-electron chi connectivity index (χ3n) is 6.51. The van der Waals surface area contributed by atoms with E-state index in [1.54, 1.807) is 18.2 Å². The number of likely N-dealkylation sites (N-methyl/N-ethyl adjacent to an activating group) is 1. The Morgan fingerprint density at radius 1 is 1.16 bits per heavy atom. The number of carbonyl (C=O) groups is 3. The van der Waals surface area contributed by atoms with Crippen molar-refractivity contribution < 1.29 is 34.8 Å². The first-order chi connectivity index (χ1) is 14.5. The number of aliphatic hydroxyl groups is 4. The quantitative estimate of drug-likeness (QED) is 0.408. The first-order valence-electron chi connectivity index (χ1n) is 9.57. The molecule has 4 rings (SSSR count). The van der Waals surface area contributed by atoms with Crippen LogP contribution in [-0.2, 0) is 9.59 Å². The minimum absolute atomic E-state index is 0.195. The van der Waals surface area contributed by atoms with Crippen LogP contribution >= 0.6 is 0 Å². The number of rotatable bonds is 2. The van der Waals surface area contributed by atoms with Crippen molar-refractivity contribution in [1.29, 1.82) is 0 Å². The van der Waals surface area contributed by atoms with Crippen LogP contribution in [-0.4, -0.2) is 74.6 Å². The fourth-order valence-electron chi connectivity index (χ4n) is 5.14. The summed E-state index contributed by atoms with van der Waals surface area (Å²) in [5.41, 5.74) is 2.15. The maximum atomic E-state index is 13.2. The molecule has 5 atom stereocenters. The topological polar surface area (TPSA) is 161 Å². The van der Waals surface area contributed by atoms with Crippen LogP contribution in [0.25, 0.3) is 5.57 Å². The monoisotopic (exact) mass is 426 g/mol. The van der Waals surface area contributed by atoms with E-state index in [4.69, 9.17) is 5.73 Å². The Morgan fingerprint density at radius 3 is 2.29 bits per heavy atom. The number of ketones is 2. The van der Waals surface area contributed by atoms with Crippen LogP contribution in [0.4, 0.5) is 0 Å². The lowest BCUT2D eigenvalue weighted by Crippen LogP contribution is -2.68. The summed E-state index contributed by atoms with van der Waals surface area (Å²) in [4.78, 5) is 39.7. The first kappa shape index (κ1) is 21.0. The van der Waals surface area contributed by atoms with Crippen LogP contribution in [0.2, 0.25) is 0 Å². The molecule has 1 aromatic carbocycles. The number of primary amides is 1. The van der Waals surface area contributed by atoms with Gasteiger partial charge in [0.15, 0.2) is 11.4 Å². The average molecular weight is 426 g/mol. The second-order valence-electron chi connectivity index (χ2n) is 8.28. The van der Waals surface area contributed by atoms with Crippen molar-refractivity contribution in [2.45, 2.75) is 17.7 Å². The van der Waals surface area contributed by atoms with Gasteiger partial charge in [-0.15, -0.1) is 0 Å². The van der Waals surface area contributed by atoms with Gasteiger partial charge in [0.1, 0.15) is 17.1 Å². The molecule has 0 aliphatic heterocycles. The van der Waals surface area contributed by atoms with Crippen molar-refractivity contribution in [1.82, 2.24) is 4.90 Å². The minimum Gasteiger partial charge on any atom is -0.510 e. The minimum atomic E-state index is -2.85. The Morgan fingerprint density at radius 2 is 1.74 bits per heavy atom. The number of hydrogen-bond acceptors (Lipinski definition) is 8. The summed E-state index contributed by atoms with van der Waals surface area (Å²) in [6.07, 6.45) is -1.60. The molecule has 162 valence electrons. The fourth-order valence-corrected chi connectivity index (χ4v) is 5.14. The van der Waals surface area contributed by atoms with Gasteiger partial charge in [-0.25, -0.2) is 0 Å². The number of hydrogen-bond donors (Lipinski definition) is 5. The second-order valence-corrected chi connectivity index (χ2v) is 8.28. The molecule has 0 spiro atoms. The van der Waals surface area contributed by atoms with Crippen LogP contribution in [0.1, 0.15) is 15.9 Å². The van der Waals surface area contributed by atoms with E-state index in [-0.39, 0.29) is 11.1 Å². The van der Waals surface area contributed by atoms with Gasteiger partial charge < -0.3 is 26.2 Å². The SMILES string of the molecule is C=C1c2ccccc2C(=O)C2=C(O)[C@]3(O)C(=O)C(C(N)=O)=C(O)[C@@H](N(C)C)[C@@H]3[C@@H](O)[C@H]12. The molecule has 0 radical (unpaired) electrons. The van der Waals surface area contributed by atoms with Crippen molar-refractivity contribution in [3.05, 3.63) is 64.6 Å². The Balaban J connectivity index is 2.06. The molecular formula is C22H22N2O7. The highest BCUT2D eigenvalue weighted by Gasteiger charge is 2.66. The van der Waals surface area contributed by atoms with E-state index in [9.17, 15) is 34.8 Å². The third-order valence-corrected chi connectivity index (χ3v) is 6.51. The summed E-state index contributed by atoms with van der Waals surface area (Å²) in [5.74, 6) is -7.70. The van der Waals surface area contributed by atoms with E-state index in [1.165, 1.54) is 25.1 Å². The van der Waals surface area contributed by atoms with Gasteiger partial charge in [-0.3, -0.25) is 19.3 Å². The Hall–Kier alpha value is -3.27. The number of carbonyl (C=O) groups excluding carboxylic acids is 3. The number of nitrogens with two attached hydrogens (primary N) is 1. The summed E-state index contributed by atoms with van der Waals surface area (Å²) in [7, 11) is 2.99. The molecule has 0 fully saturated rings. The number of amides is 1. The van der Waals surface area contributed by atoms with Crippen LogP contribution in [0, 0.1) is 11.8 Å². The predicted octanol–water partition coefficient (Wildman–Crippen LogP) is -0.143. The maximum Gasteiger partial charge on any atom is 0.255 e. The fraction of sp³-hybridized carbons (Fsp3) is 0.318. The number of aliphatic hydroxyl groups excluding tert-OH is 3. The number of Topliss-reactive ketones (excluding diaryl/α,β-unsaturated/α-hetero) is 2. The summed E-state index contributed by atoms with van der Waals surface area (Å²) >= 11 is 0. The normalized spacial score (nSPS) is 32.7. The predicted molar refractivity (Wildman–Crippen MR) is 109 cm³/mol. The van der Waals surface area contributed by atoms with Crippen LogP contribution in [0.5, 0.6) is 0 Å². The summed E-state index contributed by atoms with van der Waals surface area (Å²) in [6, 6.07) is 5.20. The van der Waals surface area contributed by atoms with Gasteiger partial charge >= 0.3 is 0 Å². The highest BCUT2D eigenvalue weighted by molar-refractivity contribution is 6.25. The van der Waals surface area contributed by atoms with Crippen molar-refractivity contribution in [3.8, 4) is 0 Å². The lowest BCUT2D eigenvalue weighted by atomic mass is 9.56. The van der Waals surface area contributed by atoms with Crippen molar-refractivity contribution >= 4 is 23.0 Å². The molecule has 0 bridgehead atoms. The molecular weight excluding hydrogens is 404 g/mol. The van der Waals surface area contributed by atoms with Crippen LogP contribution in [0.15, 0.2) is 53.5 Å². The lowest BCUT2D eigenvalue weighted by molar-refractivity contribution is -0.159. The van der Waals surface area contributed by atoms with Crippen LogP contribution < -0.4 is 5.73 Å². The molecule has 9 heteroatoms. The van der Waals surface area contributed by atoms with Crippen molar-refractivity contribution in [2.75, 3.05) is 14.1 Å². The number of benzene rings is 1. The Kier molecular flexibility index (Phi) is 4.48. The highest BCUT2D eigenvalue weighted by atomic mass is 16.4. The largest absolute Gasteiger partial charge is 0.510 e. The van der Waals surface area contributed by atoms with Gasteiger partial charge in [0.2, 0.25) is 5.78 Å². The molecule has 0 heterocycles. The van der Waals surface area contributed by atoms with E-state index in [0.29, 0.717) is 11.1 Å². The molecule has 0 unspecified atom stereocenters. The summed E-state index contributed by atoms with van der Waals surface area (Å²) < 4.78 is 0. The molecule has 31 heavy (non-hydrogen) atoms. The molecule has 0 saturated carbocycles. The summed E-state index contributed by atoms with van der Waals surface area (Å²) in [6.45, 7) is 3.98. The van der Waals surface area contributed by atoms with E-state index in [0.717, 1.165) is 0 Å². The zero-order valence-electron chi connectivity index (χ0n) is 16.9. The van der Waals surface area contributed by atoms with Gasteiger partial charge in [0.05, 0.1) is 23.6 Å². The van der Waals surface area contributed by atoms with Crippen molar-refractivity contribution in [3.63, 3.8) is 0 Å². The standard InChI is InChI=1S/C22H22N2O7/c1-8-9-6-4-5-7-10(9)16(25)12-11(8)17(26)14-15(24(2)3)18(27)13(21(23)30)20(29)22(14,31)19(12)28/h4-7,11,14-15,17,26-28,31H,1H2,2-3H3,(H2,23,30)/t11-,14-,15+,17+,22+/m1/s1. The van der Waals surface area contributed by atoms with Gasteiger partial charge in [0.25, 0.3) is 5.91 Å². The van der Waals surface area contributed by atoms with E-state index >= 15 is 0 Å². The molecule has 0 aromatic heterocycles. The molecule has 6 N–H and O–H groups in total.